The van der Waals surface area contributed by atoms with Gasteiger partial charge in [-0.1, -0.05) is 43.3 Å². The van der Waals surface area contributed by atoms with Crippen molar-refractivity contribution >= 4 is 5.78 Å². The highest BCUT2D eigenvalue weighted by Gasteiger charge is 2.16. The van der Waals surface area contributed by atoms with Gasteiger partial charge in [0.15, 0.2) is 12.6 Å². The van der Waals surface area contributed by atoms with Crippen molar-refractivity contribution in [2.75, 3.05) is 28.0 Å². The van der Waals surface area contributed by atoms with E-state index in [0.717, 1.165) is 24.2 Å². The summed E-state index contributed by atoms with van der Waals surface area (Å²) in [6.45, 7) is 2.27. The number of ketones is 1. The molecule has 0 aliphatic heterocycles. The molecule has 1 atom stereocenters. The van der Waals surface area contributed by atoms with Gasteiger partial charge >= 0.3 is 0 Å². The van der Waals surface area contributed by atoms with Crippen LogP contribution in [0.1, 0.15) is 47.3 Å². The summed E-state index contributed by atoms with van der Waals surface area (Å²) in [7, 11) is 5.76. The summed E-state index contributed by atoms with van der Waals surface area (Å²) in [6.07, 6.45) is 2.35. The number of carbonyl (C=O) groups excluding carboxylic acids is 1. The average Bonchev–Trinajstić information content (AvgIpc) is 2.65. The summed E-state index contributed by atoms with van der Waals surface area (Å²) in [5.41, 5.74) is 3.20. The number of rotatable bonds is 10. The van der Waals surface area contributed by atoms with Gasteiger partial charge < -0.3 is 14.4 Å². The van der Waals surface area contributed by atoms with E-state index in [4.69, 9.17) is 9.47 Å². The number of ether oxygens (including phenoxy) is 2. The lowest BCUT2D eigenvalue weighted by molar-refractivity contribution is 0.0510. The Morgan fingerprint density at radius 3 is 2.46 bits per heavy atom. The largest absolute Gasteiger partial charge is 0.468 e. The molecule has 0 aliphatic rings. The van der Waals surface area contributed by atoms with Crippen LogP contribution in [0.5, 0.6) is 5.75 Å². The van der Waals surface area contributed by atoms with Crippen LogP contribution in [-0.2, 0) is 11.2 Å². The molecule has 4 heteroatoms. The van der Waals surface area contributed by atoms with Crippen molar-refractivity contribution in [3.63, 3.8) is 0 Å². The maximum atomic E-state index is 12.0. The molecule has 0 bridgehead atoms. The fourth-order valence-corrected chi connectivity index (χ4v) is 2.96. The van der Waals surface area contributed by atoms with Crippen molar-refractivity contribution in [1.82, 2.24) is 4.90 Å². The first-order chi connectivity index (χ1) is 12.5. The maximum Gasteiger partial charge on any atom is 0.188 e. The Morgan fingerprint density at radius 2 is 1.85 bits per heavy atom. The van der Waals surface area contributed by atoms with Gasteiger partial charge in [0.2, 0.25) is 0 Å². The summed E-state index contributed by atoms with van der Waals surface area (Å²) in [4.78, 5) is 14.2. The number of nitrogens with zero attached hydrogens (tertiary/aromatic N) is 1. The Hall–Kier alpha value is -2.17. The summed E-state index contributed by atoms with van der Waals surface area (Å²) >= 11 is 0. The monoisotopic (exact) mass is 355 g/mol. The fraction of sp³-hybridized carbons (Fsp3) is 0.409. The molecule has 140 valence electrons. The van der Waals surface area contributed by atoms with Crippen LogP contribution in [0.15, 0.2) is 48.5 Å². The molecule has 0 aromatic heterocycles. The first kappa shape index (κ1) is 20.1. The van der Waals surface area contributed by atoms with Crippen LogP contribution in [0, 0.1) is 0 Å². The van der Waals surface area contributed by atoms with E-state index < -0.39 is 0 Å². The molecule has 0 heterocycles. The molecule has 0 fully saturated rings. The number of hydrogen-bond acceptors (Lipinski definition) is 4. The van der Waals surface area contributed by atoms with Crippen molar-refractivity contribution in [2.45, 2.75) is 32.2 Å². The third-order valence-corrected chi connectivity index (χ3v) is 4.39. The molecule has 0 spiro atoms. The zero-order chi connectivity index (χ0) is 18.9. The molecule has 0 saturated carbocycles. The number of Topliss-reactive ketones (excluding diaryl/α,β-unsaturated/α-hetero) is 1. The summed E-state index contributed by atoms with van der Waals surface area (Å²) < 4.78 is 10.5. The van der Waals surface area contributed by atoms with E-state index in [9.17, 15) is 4.79 Å². The van der Waals surface area contributed by atoms with Crippen LogP contribution in [0.25, 0.3) is 0 Å². The third-order valence-electron chi connectivity index (χ3n) is 4.39. The molecule has 0 saturated heterocycles. The molecule has 0 N–H and O–H groups in total. The van der Waals surface area contributed by atoms with E-state index in [1.165, 1.54) is 11.1 Å². The van der Waals surface area contributed by atoms with E-state index >= 15 is 0 Å². The lowest BCUT2D eigenvalue weighted by Crippen LogP contribution is -2.22. The second-order valence-electron chi connectivity index (χ2n) is 6.68. The number of carbonyl (C=O) groups is 1. The lowest BCUT2D eigenvalue weighted by atomic mass is 9.96. The van der Waals surface area contributed by atoms with E-state index in [0.29, 0.717) is 6.42 Å². The van der Waals surface area contributed by atoms with Gasteiger partial charge in [0.1, 0.15) is 5.75 Å². The molecule has 4 nitrogen and oxygen atoms in total. The first-order valence-electron chi connectivity index (χ1n) is 9.05. The molecule has 2 aromatic carbocycles. The fourth-order valence-electron chi connectivity index (χ4n) is 2.96. The van der Waals surface area contributed by atoms with Gasteiger partial charge in [0, 0.05) is 25.1 Å². The quantitative estimate of drug-likeness (QED) is 0.465. The molecule has 0 radical (unpaired) electrons. The minimum atomic E-state index is 0.214. The van der Waals surface area contributed by atoms with Gasteiger partial charge in [0.05, 0.1) is 0 Å². The van der Waals surface area contributed by atoms with Crippen molar-refractivity contribution < 1.29 is 14.3 Å². The number of hydrogen-bond donors (Lipinski definition) is 0. The summed E-state index contributed by atoms with van der Waals surface area (Å²) in [5, 5.41) is 0. The Balaban J connectivity index is 2.14. The molecule has 2 aromatic rings. The van der Waals surface area contributed by atoms with Gasteiger partial charge in [-0.3, -0.25) is 4.79 Å². The highest BCUT2D eigenvalue weighted by molar-refractivity contribution is 5.96. The Kier molecular flexibility index (Phi) is 7.82. The van der Waals surface area contributed by atoms with Crippen LogP contribution in [0.3, 0.4) is 0 Å². The molecule has 1 unspecified atom stereocenters. The highest BCUT2D eigenvalue weighted by atomic mass is 16.7. The molecule has 0 aliphatic carbocycles. The summed E-state index contributed by atoms with van der Waals surface area (Å²) in [6, 6.07) is 16.3. The van der Waals surface area contributed by atoms with Crippen molar-refractivity contribution in [3.05, 3.63) is 65.2 Å². The third kappa shape index (κ3) is 5.68. The second-order valence-corrected chi connectivity index (χ2v) is 6.68. The molecule has 0 amide bonds. The summed E-state index contributed by atoms with van der Waals surface area (Å²) in [5.74, 6) is 1.02. The minimum absolute atomic E-state index is 0.214. The Bertz CT molecular complexity index is 695. The standard InChI is InChI=1S/C22H29NO3/c1-5-7-22(24)18-12-10-17(11-13-18)14-21(23(2)3)19-8-6-9-20(15-19)26-16-25-4/h6,8-13,15,21H,5,7,14,16H2,1-4H3. The lowest BCUT2D eigenvalue weighted by Gasteiger charge is -2.25. The van der Waals surface area contributed by atoms with E-state index in [2.05, 4.69) is 43.3 Å². The molecular weight excluding hydrogens is 326 g/mol. The molecule has 26 heavy (non-hydrogen) atoms. The number of methoxy groups -OCH3 is 1. The van der Waals surface area contributed by atoms with Gasteiger partial charge in [0.25, 0.3) is 0 Å². The zero-order valence-electron chi connectivity index (χ0n) is 16.2. The maximum absolute atomic E-state index is 12.0. The Labute approximate surface area is 156 Å². The van der Waals surface area contributed by atoms with Gasteiger partial charge in [-0.15, -0.1) is 0 Å². The van der Waals surface area contributed by atoms with Gasteiger partial charge in [-0.25, -0.2) is 0 Å². The molecular formula is C22H29NO3. The smallest absolute Gasteiger partial charge is 0.188 e. The van der Waals surface area contributed by atoms with E-state index in [-0.39, 0.29) is 18.6 Å². The van der Waals surface area contributed by atoms with Crippen LogP contribution in [-0.4, -0.2) is 38.7 Å². The van der Waals surface area contributed by atoms with Crippen molar-refractivity contribution in [1.29, 1.82) is 0 Å². The minimum Gasteiger partial charge on any atom is -0.468 e. The predicted octanol–water partition coefficient (Wildman–Crippen LogP) is 4.50. The predicted molar refractivity (Wildman–Crippen MR) is 105 cm³/mol. The first-order valence-corrected chi connectivity index (χ1v) is 9.05. The van der Waals surface area contributed by atoms with Crippen LogP contribution in [0.2, 0.25) is 0 Å². The Morgan fingerprint density at radius 1 is 1.12 bits per heavy atom. The van der Waals surface area contributed by atoms with Crippen LogP contribution >= 0.6 is 0 Å². The van der Waals surface area contributed by atoms with E-state index in [1.54, 1.807) is 7.11 Å². The molecule has 2 rings (SSSR count). The van der Waals surface area contributed by atoms with Crippen molar-refractivity contribution in [2.24, 2.45) is 0 Å². The average molecular weight is 355 g/mol. The van der Waals surface area contributed by atoms with Crippen molar-refractivity contribution in [3.8, 4) is 5.75 Å². The van der Waals surface area contributed by atoms with Gasteiger partial charge in [-0.05, 0) is 50.2 Å². The second kappa shape index (κ2) is 10.1. The van der Waals surface area contributed by atoms with E-state index in [1.807, 2.05) is 31.2 Å². The van der Waals surface area contributed by atoms with Crippen LogP contribution < -0.4 is 4.74 Å². The van der Waals surface area contributed by atoms with Gasteiger partial charge in [-0.2, -0.15) is 0 Å². The SMILES string of the molecule is CCCC(=O)c1ccc(CC(c2cccc(OCOC)c2)N(C)C)cc1. The highest BCUT2D eigenvalue weighted by Crippen LogP contribution is 2.26. The van der Waals surface area contributed by atoms with Crippen LogP contribution in [0.4, 0.5) is 0 Å². The normalized spacial score (nSPS) is 12.2. The topological polar surface area (TPSA) is 38.8 Å². The number of benzene rings is 2. The number of likely N-dealkylation sites (N-methyl/N-ethyl adjacent to an activating group) is 1. The zero-order valence-corrected chi connectivity index (χ0v) is 16.2.